The van der Waals surface area contributed by atoms with Crippen molar-refractivity contribution in [1.29, 1.82) is 0 Å². The Morgan fingerprint density at radius 2 is 2.10 bits per heavy atom. The second-order valence-electron chi connectivity index (χ2n) is 4.67. The van der Waals surface area contributed by atoms with Crippen LogP contribution in [0.5, 0.6) is 0 Å². The van der Waals surface area contributed by atoms with Crippen molar-refractivity contribution >= 4 is 35.3 Å². The molecule has 0 saturated heterocycles. The number of carboxylic acid groups (broad SMARTS) is 1. The average molecular weight is 316 g/mol. The molecule has 0 radical (unpaired) electrons. The Labute approximate surface area is 126 Å². The van der Waals surface area contributed by atoms with Gasteiger partial charge in [0.2, 0.25) is 0 Å². The fourth-order valence-corrected chi connectivity index (χ4v) is 1.97. The van der Waals surface area contributed by atoms with Crippen LogP contribution in [0.2, 0.25) is 0 Å². The highest BCUT2D eigenvalue weighted by Crippen LogP contribution is 2.19. The molecule has 2 N–H and O–H groups in total. The highest BCUT2D eigenvalue weighted by Gasteiger charge is 2.24. The fraction of sp³-hybridized carbons (Fsp3) is 0.308. The SMILES string of the molecule is CC(C)N(CC(=O)O)C(=O)c1cc(F)cc2[nH]cnc12.Cl. The largest absolute Gasteiger partial charge is 0.480 e. The molecular weight excluding hydrogens is 301 g/mol. The second kappa shape index (κ2) is 6.53. The van der Waals surface area contributed by atoms with Gasteiger partial charge in [0, 0.05) is 6.04 Å². The van der Waals surface area contributed by atoms with Gasteiger partial charge in [0.25, 0.3) is 5.91 Å². The van der Waals surface area contributed by atoms with E-state index in [0.717, 1.165) is 11.0 Å². The Hall–Kier alpha value is -2.15. The van der Waals surface area contributed by atoms with Crippen LogP contribution in [0.4, 0.5) is 4.39 Å². The van der Waals surface area contributed by atoms with E-state index in [1.165, 1.54) is 12.4 Å². The van der Waals surface area contributed by atoms with Gasteiger partial charge >= 0.3 is 5.97 Å². The molecule has 0 atom stereocenters. The molecule has 0 unspecified atom stereocenters. The molecule has 0 saturated carbocycles. The van der Waals surface area contributed by atoms with Crippen LogP contribution in [-0.2, 0) is 4.79 Å². The van der Waals surface area contributed by atoms with E-state index in [9.17, 15) is 14.0 Å². The molecule has 1 aromatic carbocycles. The molecule has 0 aliphatic rings. The van der Waals surface area contributed by atoms with Crippen LogP contribution in [0.15, 0.2) is 18.5 Å². The number of nitrogens with zero attached hydrogens (tertiary/aromatic N) is 2. The molecular formula is C13H15ClFN3O3. The van der Waals surface area contributed by atoms with Gasteiger partial charge in [-0.15, -0.1) is 12.4 Å². The van der Waals surface area contributed by atoms with Crippen LogP contribution in [0, 0.1) is 5.82 Å². The molecule has 114 valence electrons. The van der Waals surface area contributed by atoms with Crippen LogP contribution in [0.25, 0.3) is 11.0 Å². The third kappa shape index (κ3) is 3.49. The number of halogens is 2. The molecule has 1 amide bonds. The summed E-state index contributed by atoms with van der Waals surface area (Å²) in [5.74, 6) is -2.26. The number of carbonyl (C=O) groups excluding carboxylic acids is 1. The van der Waals surface area contributed by atoms with E-state index in [-0.39, 0.29) is 24.0 Å². The number of amides is 1. The van der Waals surface area contributed by atoms with Gasteiger partial charge in [-0.25, -0.2) is 9.37 Å². The van der Waals surface area contributed by atoms with Crippen molar-refractivity contribution in [2.24, 2.45) is 0 Å². The first-order valence-corrected chi connectivity index (χ1v) is 6.05. The standard InChI is InChI=1S/C13H14FN3O3.ClH/c1-7(2)17(5-11(18)19)13(20)9-3-8(14)4-10-12(9)16-6-15-10;/h3-4,6-7H,5H2,1-2H3,(H,15,16)(H,18,19);1H. The topological polar surface area (TPSA) is 86.3 Å². The van der Waals surface area contributed by atoms with Gasteiger partial charge in [0.15, 0.2) is 0 Å². The lowest BCUT2D eigenvalue weighted by molar-refractivity contribution is -0.138. The lowest BCUT2D eigenvalue weighted by Gasteiger charge is -2.25. The number of aromatic nitrogens is 2. The van der Waals surface area contributed by atoms with Gasteiger partial charge in [-0.3, -0.25) is 9.59 Å². The minimum absolute atomic E-state index is 0. The monoisotopic (exact) mass is 315 g/mol. The summed E-state index contributed by atoms with van der Waals surface area (Å²) in [6.45, 7) is 2.95. The zero-order chi connectivity index (χ0) is 14.9. The molecule has 6 nitrogen and oxygen atoms in total. The Balaban J connectivity index is 0.00000220. The molecule has 2 rings (SSSR count). The summed E-state index contributed by atoms with van der Waals surface area (Å²) in [6.07, 6.45) is 1.36. The second-order valence-corrected chi connectivity index (χ2v) is 4.67. The number of rotatable bonds is 4. The lowest BCUT2D eigenvalue weighted by atomic mass is 10.1. The molecule has 0 aliphatic heterocycles. The molecule has 21 heavy (non-hydrogen) atoms. The van der Waals surface area contributed by atoms with Crippen molar-refractivity contribution in [2.75, 3.05) is 6.54 Å². The number of carboxylic acids is 1. The van der Waals surface area contributed by atoms with Crippen molar-refractivity contribution in [1.82, 2.24) is 14.9 Å². The Morgan fingerprint density at radius 1 is 1.43 bits per heavy atom. The van der Waals surface area contributed by atoms with Gasteiger partial charge in [-0.2, -0.15) is 0 Å². The zero-order valence-electron chi connectivity index (χ0n) is 11.5. The van der Waals surface area contributed by atoms with Gasteiger partial charge in [-0.1, -0.05) is 0 Å². The maximum absolute atomic E-state index is 13.5. The number of H-pyrrole nitrogens is 1. The molecule has 1 heterocycles. The number of hydrogen-bond donors (Lipinski definition) is 2. The normalized spacial score (nSPS) is 10.5. The van der Waals surface area contributed by atoms with E-state index >= 15 is 0 Å². The van der Waals surface area contributed by atoms with E-state index in [4.69, 9.17) is 5.11 Å². The molecule has 0 bridgehead atoms. The van der Waals surface area contributed by atoms with Crippen molar-refractivity contribution in [3.05, 3.63) is 29.8 Å². The number of fused-ring (bicyclic) bond motifs is 1. The van der Waals surface area contributed by atoms with E-state index in [1.807, 2.05) is 0 Å². The van der Waals surface area contributed by atoms with Crippen LogP contribution < -0.4 is 0 Å². The maximum Gasteiger partial charge on any atom is 0.323 e. The Bertz CT molecular complexity index is 672. The molecule has 0 aliphatic carbocycles. The van der Waals surface area contributed by atoms with Gasteiger partial charge in [-0.05, 0) is 26.0 Å². The van der Waals surface area contributed by atoms with Crippen LogP contribution in [0.1, 0.15) is 24.2 Å². The first-order chi connectivity index (χ1) is 9.40. The number of aliphatic carboxylic acids is 1. The summed E-state index contributed by atoms with van der Waals surface area (Å²) in [5, 5.41) is 8.87. The van der Waals surface area contributed by atoms with Crippen LogP contribution in [0.3, 0.4) is 0 Å². The van der Waals surface area contributed by atoms with Gasteiger partial charge in [0.1, 0.15) is 17.9 Å². The molecule has 1 aromatic heterocycles. The molecule has 0 fully saturated rings. The minimum atomic E-state index is -1.12. The van der Waals surface area contributed by atoms with E-state index in [2.05, 4.69) is 9.97 Å². The molecule has 2 aromatic rings. The fourth-order valence-electron chi connectivity index (χ4n) is 1.97. The number of hydrogen-bond acceptors (Lipinski definition) is 3. The zero-order valence-corrected chi connectivity index (χ0v) is 12.3. The average Bonchev–Trinajstić information content (AvgIpc) is 2.81. The summed E-state index contributed by atoms with van der Waals surface area (Å²) >= 11 is 0. The first-order valence-electron chi connectivity index (χ1n) is 6.05. The predicted octanol–water partition coefficient (Wildman–Crippen LogP) is 2.06. The summed E-state index contributed by atoms with van der Waals surface area (Å²) in [6, 6.07) is 1.98. The number of imidazole rings is 1. The van der Waals surface area contributed by atoms with Crippen molar-refractivity contribution in [3.63, 3.8) is 0 Å². The van der Waals surface area contributed by atoms with Crippen molar-refractivity contribution in [2.45, 2.75) is 19.9 Å². The maximum atomic E-state index is 13.5. The number of benzene rings is 1. The van der Waals surface area contributed by atoms with Crippen LogP contribution in [-0.4, -0.2) is 44.4 Å². The highest BCUT2D eigenvalue weighted by atomic mass is 35.5. The highest BCUT2D eigenvalue weighted by molar-refractivity contribution is 6.05. The summed E-state index contributed by atoms with van der Waals surface area (Å²) in [5.41, 5.74) is 0.774. The van der Waals surface area contributed by atoms with Crippen molar-refractivity contribution < 1.29 is 19.1 Å². The van der Waals surface area contributed by atoms with Gasteiger partial charge < -0.3 is 15.0 Å². The molecule has 8 heteroatoms. The third-order valence-corrected chi connectivity index (χ3v) is 2.91. The number of carbonyl (C=O) groups is 2. The summed E-state index contributed by atoms with van der Waals surface area (Å²) in [7, 11) is 0. The Kier molecular flexibility index (Phi) is 5.26. The number of aromatic amines is 1. The minimum Gasteiger partial charge on any atom is -0.480 e. The third-order valence-electron chi connectivity index (χ3n) is 2.91. The van der Waals surface area contributed by atoms with Crippen molar-refractivity contribution in [3.8, 4) is 0 Å². The van der Waals surface area contributed by atoms with Gasteiger partial charge in [0.05, 0.1) is 17.4 Å². The quantitative estimate of drug-likeness (QED) is 0.904. The predicted molar refractivity (Wildman–Crippen MR) is 77.1 cm³/mol. The smallest absolute Gasteiger partial charge is 0.323 e. The summed E-state index contributed by atoms with van der Waals surface area (Å²) in [4.78, 5) is 31.1. The number of nitrogens with one attached hydrogen (secondary N) is 1. The summed E-state index contributed by atoms with van der Waals surface area (Å²) < 4.78 is 13.5. The van der Waals surface area contributed by atoms with E-state index < -0.39 is 24.2 Å². The first kappa shape index (κ1) is 16.9. The molecule has 0 spiro atoms. The van der Waals surface area contributed by atoms with E-state index in [0.29, 0.717) is 11.0 Å². The van der Waals surface area contributed by atoms with E-state index in [1.54, 1.807) is 13.8 Å². The lowest BCUT2D eigenvalue weighted by Crippen LogP contribution is -2.40. The van der Waals surface area contributed by atoms with Crippen LogP contribution >= 0.6 is 12.4 Å². The Morgan fingerprint density at radius 3 is 2.67 bits per heavy atom.